The van der Waals surface area contributed by atoms with E-state index in [1.165, 1.54) is 0 Å². The number of hydrogen-bond acceptors (Lipinski definition) is 2. The molecule has 1 aliphatic rings. The first-order valence-electron chi connectivity index (χ1n) is 3.99. The molecule has 0 saturated carbocycles. The molecule has 1 aliphatic heterocycles. The van der Waals surface area contributed by atoms with Gasteiger partial charge < -0.3 is 10.0 Å². The molecule has 60 valence electrons. The van der Waals surface area contributed by atoms with Crippen LogP contribution in [0.5, 0.6) is 0 Å². The molecule has 1 rings (SSSR count). The van der Waals surface area contributed by atoms with Crippen molar-refractivity contribution in [2.45, 2.75) is 32.4 Å². The fourth-order valence-corrected chi connectivity index (χ4v) is 1.64. The van der Waals surface area contributed by atoms with Crippen LogP contribution in [0.3, 0.4) is 0 Å². The molecule has 0 aromatic carbocycles. The van der Waals surface area contributed by atoms with E-state index in [4.69, 9.17) is 0 Å². The molecule has 2 heteroatoms. The van der Waals surface area contributed by atoms with Gasteiger partial charge in [0, 0.05) is 12.6 Å². The van der Waals surface area contributed by atoms with Crippen molar-refractivity contribution in [2.75, 3.05) is 13.6 Å². The average molecular weight is 143 g/mol. The van der Waals surface area contributed by atoms with Crippen LogP contribution in [0.25, 0.3) is 0 Å². The quantitative estimate of drug-likeness (QED) is 0.540. The molecule has 0 aromatic rings. The highest BCUT2D eigenvalue weighted by Crippen LogP contribution is 2.19. The molecule has 1 fully saturated rings. The van der Waals surface area contributed by atoms with Crippen molar-refractivity contribution in [2.24, 2.45) is 5.92 Å². The second kappa shape index (κ2) is 2.89. The van der Waals surface area contributed by atoms with E-state index in [1.54, 1.807) is 0 Å². The second-order valence-corrected chi connectivity index (χ2v) is 3.59. The monoisotopic (exact) mass is 143 g/mol. The van der Waals surface area contributed by atoms with Gasteiger partial charge in [-0.05, 0) is 26.3 Å². The fraction of sp³-hybridized carbons (Fsp3) is 1.00. The van der Waals surface area contributed by atoms with Crippen molar-refractivity contribution < 1.29 is 5.11 Å². The molecule has 1 N–H and O–H groups in total. The summed E-state index contributed by atoms with van der Waals surface area (Å²) in [6.07, 6.45) is 0.847. The van der Waals surface area contributed by atoms with Crippen molar-refractivity contribution in [1.82, 2.24) is 4.90 Å². The Morgan fingerprint density at radius 3 is 2.50 bits per heavy atom. The molecule has 0 aromatic heterocycles. The summed E-state index contributed by atoms with van der Waals surface area (Å²) in [5.74, 6) is 0.649. The van der Waals surface area contributed by atoms with Crippen LogP contribution < -0.4 is 0 Å². The number of likely N-dealkylation sites (tertiary alicyclic amines) is 1. The Bertz CT molecular complexity index is 104. The van der Waals surface area contributed by atoms with Gasteiger partial charge in [0.15, 0.2) is 0 Å². The minimum atomic E-state index is -0.117. The molecule has 0 spiro atoms. The summed E-state index contributed by atoms with van der Waals surface area (Å²) in [4.78, 5) is 2.22. The van der Waals surface area contributed by atoms with Crippen molar-refractivity contribution in [3.63, 3.8) is 0 Å². The predicted molar refractivity (Wildman–Crippen MR) is 41.9 cm³/mol. The summed E-state index contributed by atoms with van der Waals surface area (Å²) in [6, 6.07) is 0.344. The van der Waals surface area contributed by atoms with Crippen molar-refractivity contribution in [3.8, 4) is 0 Å². The van der Waals surface area contributed by atoms with Crippen LogP contribution in [0.1, 0.15) is 20.3 Å². The van der Waals surface area contributed by atoms with Crippen LogP contribution in [0, 0.1) is 5.92 Å². The van der Waals surface area contributed by atoms with Gasteiger partial charge in [-0.25, -0.2) is 0 Å². The van der Waals surface area contributed by atoms with Crippen LogP contribution in [0.2, 0.25) is 0 Å². The Morgan fingerprint density at radius 2 is 2.00 bits per heavy atom. The fourth-order valence-electron chi connectivity index (χ4n) is 1.64. The maximum absolute atomic E-state index is 9.48. The van der Waals surface area contributed by atoms with Gasteiger partial charge >= 0.3 is 0 Å². The van der Waals surface area contributed by atoms with E-state index in [0.717, 1.165) is 13.0 Å². The number of nitrogens with zero attached hydrogens (tertiary/aromatic N) is 1. The maximum atomic E-state index is 9.48. The number of rotatable bonds is 0. The summed E-state index contributed by atoms with van der Waals surface area (Å²) >= 11 is 0. The lowest BCUT2D eigenvalue weighted by atomic mass is 9.93. The van der Waals surface area contributed by atoms with Crippen LogP contribution in [-0.2, 0) is 0 Å². The van der Waals surface area contributed by atoms with Crippen molar-refractivity contribution in [1.29, 1.82) is 0 Å². The number of hydrogen-bond donors (Lipinski definition) is 1. The topological polar surface area (TPSA) is 23.5 Å². The minimum Gasteiger partial charge on any atom is -0.391 e. The first-order valence-corrected chi connectivity index (χ1v) is 3.99. The first kappa shape index (κ1) is 8.02. The molecular formula is C8H17NO. The lowest BCUT2D eigenvalue weighted by Crippen LogP contribution is -2.47. The van der Waals surface area contributed by atoms with Crippen LogP contribution in [0.15, 0.2) is 0 Å². The highest BCUT2D eigenvalue weighted by atomic mass is 16.3. The summed E-state index contributed by atoms with van der Waals surface area (Å²) in [6.45, 7) is 5.39. The summed E-state index contributed by atoms with van der Waals surface area (Å²) in [5, 5.41) is 9.48. The summed E-state index contributed by atoms with van der Waals surface area (Å²) < 4.78 is 0. The number of aliphatic hydroxyl groups excluding tert-OH is 1. The lowest BCUT2D eigenvalue weighted by Gasteiger charge is -2.37. The Kier molecular flexibility index (Phi) is 2.32. The first-order chi connectivity index (χ1) is 4.61. The molecular weight excluding hydrogens is 126 g/mol. The van der Waals surface area contributed by atoms with Gasteiger partial charge in [-0.2, -0.15) is 0 Å². The van der Waals surface area contributed by atoms with Gasteiger partial charge in [-0.1, -0.05) is 6.92 Å². The standard InChI is InChI=1S/C8H17NO/c1-6-4-8(10)7(2)9(3)5-6/h6-8,10H,4-5H2,1-3H3/t6-,7-,8+/m0/s1. The third kappa shape index (κ3) is 1.50. The molecule has 1 saturated heterocycles. The smallest absolute Gasteiger partial charge is 0.0695 e. The zero-order valence-corrected chi connectivity index (χ0v) is 7.04. The second-order valence-electron chi connectivity index (χ2n) is 3.59. The Morgan fingerprint density at radius 1 is 1.40 bits per heavy atom. The highest BCUT2D eigenvalue weighted by molar-refractivity contribution is 4.81. The number of likely N-dealkylation sites (N-methyl/N-ethyl adjacent to an activating group) is 1. The summed E-state index contributed by atoms with van der Waals surface area (Å²) in [5.41, 5.74) is 0. The zero-order chi connectivity index (χ0) is 7.72. The molecule has 0 aliphatic carbocycles. The Labute approximate surface area is 62.8 Å². The van der Waals surface area contributed by atoms with E-state index in [2.05, 4.69) is 25.8 Å². The van der Waals surface area contributed by atoms with E-state index in [0.29, 0.717) is 12.0 Å². The van der Waals surface area contributed by atoms with Crippen molar-refractivity contribution >= 4 is 0 Å². The van der Waals surface area contributed by atoms with Crippen LogP contribution >= 0.6 is 0 Å². The number of aliphatic hydroxyl groups is 1. The predicted octanol–water partition coefficient (Wildman–Crippen LogP) is 0.707. The van der Waals surface area contributed by atoms with E-state index in [-0.39, 0.29) is 6.10 Å². The van der Waals surface area contributed by atoms with Crippen molar-refractivity contribution in [3.05, 3.63) is 0 Å². The third-order valence-corrected chi connectivity index (χ3v) is 2.50. The molecule has 0 bridgehead atoms. The molecule has 1 heterocycles. The normalized spacial score (nSPS) is 43.8. The van der Waals surface area contributed by atoms with Gasteiger partial charge in [-0.3, -0.25) is 0 Å². The van der Waals surface area contributed by atoms with Crippen LogP contribution in [-0.4, -0.2) is 35.7 Å². The van der Waals surface area contributed by atoms with Gasteiger partial charge in [-0.15, -0.1) is 0 Å². The lowest BCUT2D eigenvalue weighted by molar-refractivity contribution is 0.0111. The van der Waals surface area contributed by atoms with E-state index >= 15 is 0 Å². The van der Waals surface area contributed by atoms with Gasteiger partial charge in [0.05, 0.1) is 6.10 Å². The summed E-state index contributed by atoms with van der Waals surface area (Å²) in [7, 11) is 2.07. The molecule has 0 amide bonds. The van der Waals surface area contributed by atoms with Gasteiger partial charge in [0.25, 0.3) is 0 Å². The highest BCUT2D eigenvalue weighted by Gasteiger charge is 2.27. The molecule has 0 unspecified atom stereocenters. The minimum absolute atomic E-state index is 0.117. The maximum Gasteiger partial charge on any atom is 0.0695 e. The SMILES string of the molecule is C[C@H]1C[C@@H](O)[C@H](C)N(C)C1. The van der Waals surface area contributed by atoms with E-state index in [9.17, 15) is 5.11 Å². The third-order valence-electron chi connectivity index (χ3n) is 2.50. The molecule has 2 nitrogen and oxygen atoms in total. The van der Waals surface area contributed by atoms with E-state index < -0.39 is 0 Å². The van der Waals surface area contributed by atoms with Crippen LogP contribution in [0.4, 0.5) is 0 Å². The molecule has 0 radical (unpaired) electrons. The largest absolute Gasteiger partial charge is 0.391 e. The molecule has 10 heavy (non-hydrogen) atoms. The van der Waals surface area contributed by atoms with E-state index in [1.807, 2.05) is 0 Å². The number of piperidine rings is 1. The zero-order valence-electron chi connectivity index (χ0n) is 7.04. The Balaban J connectivity index is 2.49. The Hall–Kier alpha value is -0.0800. The average Bonchev–Trinajstić information content (AvgIpc) is 1.82. The van der Waals surface area contributed by atoms with Gasteiger partial charge in [0.1, 0.15) is 0 Å². The van der Waals surface area contributed by atoms with Gasteiger partial charge in [0.2, 0.25) is 0 Å². The molecule has 3 atom stereocenters.